The third kappa shape index (κ3) is 2.99. The second-order valence-corrected chi connectivity index (χ2v) is 3.95. The van der Waals surface area contributed by atoms with Gasteiger partial charge in [0.05, 0.1) is 11.5 Å². The van der Waals surface area contributed by atoms with Crippen molar-refractivity contribution in [3.63, 3.8) is 0 Å². The van der Waals surface area contributed by atoms with E-state index in [1.165, 1.54) is 0 Å². The summed E-state index contributed by atoms with van der Waals surface area (Å²) in [6.45, 7) is 0. The van der Waals surface area contributed by atoms with Crippen molar-refractivity contribution in [2.75, 3.05) is 0 Å². The molecule has 2 nitrogen and oxygen atoms in total. The fraction of sp³-hybridized carbons (Fsp3) is 0.889. The predicted octanol–water partition coefficient (Wildman–Crippen LogP) is 2.77. The molecular weight excluding hydrogens is 229 g/mol. The lowest BCUT2D eigenvalue weighted by molar-refractivity contribution is -0.233. The van der Waals surface area contributed by atoms with Gasteiger partial charge in [-0.3, -0.25) is 0 Å². The zero-order chi connectivity index (χ0) is 10.8. The van der Waals surface area contributed by atoms with Gasteiger partial charge in [0.1, 0.15) is 0 Å². The summed E-state index contributed by atoms with van der Waals surface area (Å²) in [5.41, 5.74) is 3.75. The van der Waals surface area contributed by atoms with Crippen LogP contribution in [0.4, 0.5) is 13.2 Å². The molecule has 15 heavy (non-hydrogen) atoms. The smallest absolute Gasteiger partial charge is 0.328 e. The van der Waals surface area contributed by atoms with Crippen LogP contribution in [0.3, 0.4) is 0 Å². The van der Waals surface area contributed by atoms with Crippen LogP contribution in [-0.4, -0.2) is 12.2 Å². The second kappa shape index (κ2) is 5.04. The maximum Gasteiger partial charge on any atom is 0.395 e. The Morgan fingerprint density at radius 1 is 1.33 bits per heavy atom. The van der Waals surface area contributed by atoms with Crippen LogP contribution in [0.5, 0.6) is 0 Å². The third-order valence-electron chi connectivity index (χ3n) is 3.01. The minimum atomic E-state index is -4.27. The highest BCUT2D eigenvalue weighted by Gasteiger charge is 2.55. The van der Waals surface area contributed by atoms with Gasteiger partial charge < -0.3 is 5.73 Å². The van der Waals surface area contributed by atoms with Gasteiger partial charge >= 0.3 is 6.18 Å². The van der Waals surface area contributed by atoms with Gasteiger partial charge in [0.25, 0.3) is 0 Å². The van der Waals surface area contributed by atoms with Crippen molar-refractivity contribution in [1.29, 1.82) is 5.26 Å². The molecule has 1 rings (SSSR count). The topological polar surface area (TPSA) is 49.8 Å². The van der Waals surface area contributed by atoms with Gasteiger partial charge in [-0.25, -0.2) is 0 Å². The summed E-state index contributed by atoms with van der Waals surface area (Å²) in [5, 5.41) is 8.43. The van der Waals surface area contributed by atoms with Crippen molar-refractivity contribution in [3.8, 4) is 6.07 Å². The van der Waals surface area contributed by atoms with E-state index in [4.69, 9.17) is 11.0 Å². The van der Waals surface area contributed by atoms with Gasteiger partial charge in [-0.05, 0) is 25.7 Å². The average molecular weight is 243 g/mol. The Balaban J connectivity index is 0.00000196. The molecule has 0 atom stereocenters. The summed E-state index contributed by atoms with van der Waals surface area (Å²) in [6, 6.07) is 1.50. The van der Waals surface area contributed by atoms with Gasteiger partial charge in [-0.1, -0.05) is 0 Å². The van der Waals surface area contributed by atoms with E-state index in [0.29, 0.717) is 12.8 Å². The van der Waals surface area contributed by atoms with Crippen molar-refractivity contribution < 1.29 is 13.2 Å². The number of alkyl halides is 3. The lowest BCUT2D eigenvalue weighted by Gasteiger charge is -2.39. The van der Waals surface area contributed by atoms with Crippen LogP contribution in [0.15, 0.2) is 0 Å². The minimum Gasteiger partial charge on any atom is -0.328 e. The SMILES string of the molecule is Cl.N#CCC1(C(F)(F)F)CCC(N)CC1. The lowest BCUT2D eigenvalue weighted by atomic mass is 9.70. The van der Waals surface area contributed by atoms with E-state index in [0.717, 1.165) is 0 Å². The summed E-state index contributed by atoms with van der Waals surface area (Å²) in [7, 11) is 0. The molecule has 0 spiro atoms. The Morgan fingerprint density at radius 3 is 2.13 bits per heavy atom. The van der Waals surface area contributed by atoms with E-state index in [2.05, 4.69) is 0 Å². The van der Waals surface area contributed by atoms with Gasteiger partial charge in [-0.15, -0.1) is 12.4 Å². The van der Waals surface area contributed by atoms with Crippen LogP contribution >= 0.6 is 12.4 Å². The highest BCUT2D eigenvalue weighted by molar-refractivity contribution is 5.85. The van der Waals surface area contributed by atoms with E-state index < -0.39 is 18.0 Å². The minimum absolute atomic E-state index is 0. The van der Waals surface area contributed by atoms with Crippen LogP contribution < -0.4 is 5.73 Å². The Labute approximate surface area is 93.0 Å². The molecule has 0 heterocycles. The fourth-order valence-corrected chi connectivity index (χ4v) is 1.90. The molecule has 2 N–H and O–H groups in total. The largest absolute Gasteiger partial charge is 0.395 e. The summed E-state index contributed by atoms with van der Waals surface area (Å²) in [4.78, 5) is 0. The molecule has 0 aromatic carbocycles. The first kappa shape index (κ1) is 14.5. The van der Waals surface area contributed by atoms with E-state index >= 15 is 0 Å². The Kier molecular flexibility index (Phi) is 4.88. The highest BCUT2D eigenvalue weighted by atomic mass is 35.5. The summed E-state index contributed by atoms with van der Waals surface area (Å²) in [6.07, 6.45) is -4.01. The standard InChI is InChI=1S/C9H13F3N2.ClH/c10-9(11,12)8(5-6-13)3-1-7(14)2-4-8;/h7H,1-5,14H2;1H. The van der Waals surface area contributed by atoms with Crippen molar-refractivity contribution in [3.05, 3.63) is 0 Å². The first-order chi connectivity index (χ1) is 6.41. The number of rotatable bonds is 1. The van der Waals surface area contributed by atoms with Crippen LogP contribution in [0.2, 0.25) is 0 Å². The van der Waals surface area contributed by atoms with Crippen molar-refractivity contribution in [1.82, 2.24) is 0 Å². The number of hydrogen-bond donors (Lipinski definition) is 1. The van der Waals surface area contributed by atoms with Crippen molar-refractivity contribution in [2.24, 2.45) is 11.1 Å². The molecule has 0 saturated heterocycles. The summed E-state index contributed by atoms with van der Waals surface area (Å²) >= 11 is 0. The molecule has 1 saturated carbocycles. The van der Waals surface area contributed by atoms with Crippen LogP contribution in [0.1, 0.15) is 32.1 Å². The van der Waals surface area contributed by atoms with E-state index in [-0.39, 0.29) is 31.3 Å². The molecule has 0 aliphatic heterocycles. The molecule has 0 aromatic heterocycles. The maximum atomic E-state index is 12.7. The summed E-state index contributed by atoms with van der Waals surface area (Å²) < 4.78 is 38.2. The molecule has 88 valence electrons. The third-order valence-corrected chi connectivity index (χ3v) is 3.01. The zero-order valence-electron chi connectivity index (χ0n) is 8.18. The van der Waals surface area contributed by atoms with E-state index in [1.807, 2.05) is 0 Å². The first-order valence-electron chi connectivity index (χ1n) is 4.60. The van der Waals surface area contributed by atoms with Crippen LogP contribution in [0.25, 0.3) is 0 Å². The van der Waals surface area contributed by atoms with E-state index in [9.17, 15) is 13.2 Å². The van der Waals surface area contributed by atoms with Gasteiger partial charge in [0.15, 0.2) is 0 Å². The van der Waals surface area contributed by atoms with Gasteiger partial charge in [0.2, 0.25) is 0 Å². The molecule has 0 amide bonds. The van der Waals surface area contributed by atoms with Gasteiger partial charge in [-0.2, -0.15) is 18.4 Å². The number of nitrogens with zero attached hydrogens (tertiary/aromatic N) is 1. The predicted molar refractivity (Wildman–Crippen MR) is 52.4 cm³/mol. The molecule has 1 aliphatic carbocycles. The zero-order valence-corrected chi connectivity index (χ0v) is 9.00. The molecular formula is C9H14ClF3N2. The molecule has 1 fully saturated rings. The number of hydrogen-bond acceptors (Lipinski definition) is 2. The van der Waals surface area contributed by atoms with Crippen molar-refractivity contribution in [2.45, 2.75) is 44.3 Å². The Morgan fingerprint density at radius 2 is 1.80 bits per heavy atom. The number of halogens is 4. The van der Waals surface area contributed by atoms with Crippen LogP contribution in [0, 0.1) is 16.7 Å². The highest BCUT2D eigenvalue weighted by Crippen LogP contribution is 2.50. The number of nitriles is 1. The molecule has 6 heteroatoms. The normalized spacial score (nSPS) is 31.5. The summed E-state index contributed by atoms with van der Waals surface area (Å²) in [5.74, 6) is 0. The average Bonchev–Trinajstić information content (AvgIpc) is 2.07. The molecule has 1 aliphatic rings. The second-order valence-electron chi connectivity index (χ2n) is 3.95. The quantitative estimate of drug-likeness (QED) is 0.769. The molecule has 0 radical (unpaired) electrons. The first-order valence-corrected chi connectivity index (χ1v) is 4.60. The van der Waals surface area contributed by atoms with Crippen molar-refractivity contribution >= 4 is 12.4 Å². The molecule has 0 aromatic rings. The maximum absolute atomic E-state index is 12.7. The fourth-order valence-electron chi connectivity index (χ4n) is 1.90. The number of nitrogens with two attached hydrogens (primary N) is 1. The monoisotopic (exact) mass is 242 g/mol. The Bertz CT molecular complexity index is 239. The molecule has 0 bridgehead atoms. The van der Waals surface area contributed by atoms with Gasteiger partial charge in [0, 0.05) is 12.5 Å². The Hall–Kier alpha value is -0.470. The lowest BCUT2D eigenvalue weighted by Crippen LogP contribution is -2.43. The molecule has 0 unspecified atom stereocenters. The van der Waals surface area contributed by atoms with E-state index in [1.54, 1.807) is 6.07 Å². The van der Waals surface area contributed by atoms with Crippen LogP contribution in [-0.2, 0) is 0 Å².